The van der Waals surface area contributed by atoms with E-state index >= 15 is 4.57 Å². The van der Waals surface area contributed by atoms with Crippen molar-refractivity contribution in [3.63, 3.8) is 0 Å². The summed E-state index contributed by atoms with van der Waals surface area (Å²) in [5.41, 5.74) is -1.88. The molecule has 1 saturated carbocycles. The molecule has 239 valence electrons. The molecule has 4 aromatic rings. The first-order valence-electron chi connectivity index (χ1n) is 15.6. The molecule has 1 aliphatic carbocycles. The summed E-state index contributed by atoms with van der Waals surface area (Å²) in [7, 11) is -4.61. The van der Waals surface area contributed by atoms with Gasteiger partial charge < -0.3 is 9.47 Å². The molecule has 2 heterocycles. The quantitative estimate of drug-likeness (QED) is 0.110. The van der Waals surface area contributed by atoms with Gasteiger partial charge in [-0.3, -0.25) is 23.7 Å². The zero-order chi connectivity index (χ0) is 32.7. The molecule has 47 heavy (non-hydrogen) atoms. The summed E-state index contributed by atoms with van der Waals surface area (Å²) in [5.74, 6) is -0.650. The Labute approximate surface area is 275 Å². The number of nitrogens with zero attached hydrogens (tertiary/aromatic N) is 1. The Kier molecular flexibility index (Phi) is 8.44. The van der Waals surface area contributed by atoms with Gasteiger partial charge in [0.25, 0.3) is 0 Å². The Balaban J connectivity index is 1.61. The van der Waals surface area contributed by atoms with E-state index in [0.717, 1.165) is 0 Å². The first-order valence-corrected chi connectivity index (χ1v) is 17.2. The van der Waals surface area contributed by atoms with Crippen LogP contribution in [0, 0.1) is 41.7 Å². The van der Waals surface area contributed by atoms with Crippen LogP contribution in [-0.2, 0) is 34.3 Å². The van der Waals surface area contributed by atoms with Crippen molar-refractivity contribution in [2.24, 2.45) is 0 Å². The Bertz CT molecular complexity index is 1540. The number of benzene rings is 4. The smallest absolute Gasteiger partial charge is 0.341 e. The summed E-state index contributed by atoms with van der Waals surface area (Å²) in [5, 5.41) is 12.4. The van der Waals surface area contributed by atoms with Gasteiger partial charge in [-0.2, -0.15) is 0 Å². The van der Waals surface area contributed by atoms with Crippen LogP contribution in [0.2, 0.25) is 0 Å². The maximum absolute atomic E-state index is 16.2. The first kappa shape index (κ1) is 31.9. The minimum absolute atomic E-state index is 0.467. The summed E-state index contributed by atoms with van der Waals surface area (Å²) >= 11 is 0. The highest BCUT2D eigenvalue weighted by molar-refractivity contribution is 7.55. The van der Waals surface area contributed by atoms with Gasteiger partial charge in [-0.1, -0.05) is 121 Å². The molecule has 3 atom stereocenters. The lowest BCUT2D eigenvalue weighted by Crippen LogP contribution is -2.53. The van der Waals surface area contributed by atoms with Crippen molar-refractivity contribution in [2.75, 3.05) is 6.54 Å². The van der Waals surface area contributed by atoms with Gasteiger partial charge in [0.15, 0.2) is 17.0 Å². The third-order valence-electron chi connectivity index (χ3n) is 9.03. The van der Waals surface area contributed by atoms with Crippen molar-refractivity contribution in [3.8, 4) is 0 Å². The van der Waals surface area contributed by atoms with Gasteiger partial charge in [-0.05, 0) is 61.8 Å². The molecule has 0 bridgehead atoms. The lowest BCUT2D eigenvalue weighted by molar-refractivity contribution is -0.479. The summed E-state index contributed by atoms with van der Waals surface area (Å²) < 4.78 is 44.4. The Hall–Kier alpha value is -3.65. The van der Waals surface area contributed by atoms with Crippen molar-refractivity contribution < 1.29 is 28.0 Å². The molecule has 8 nitrogen and oxygen atoms in total. The van der Waals surface area contributed by atoms with Crippen LogP contribution in [0.1, 0.15) is 36.1 Å². The van der Waals surface area contributed by atoms with Crippen molar-refractivity contribution >= 4 is 7.60 Å². The highest BCUT2D eigenvalue weighted by atomic mass is 31.2. The molecule has 9 heteroatoms. The maximum Gasteiger partial charge on any atom is 0.343 e. The van der Waals surface area contributed by atoms with Crippen molar-refractivity contribution in [1.29, 1.82) is 0 Å². The van der Waals surface area contributed by atoms with E-state index in [-0.39, 0.29) is 0 Å². The van der Waals surface area contributed by atoms with Crippen molar-refractivity contribution in [2.45, 2.75) is 48.7 Å². The van der Waals surface area contributed by atoms with Crippen LogP contribution in [0.15, 0.2) is 121 Å². The molecule has 0 amide bonds. The van der Waals surface area contributed by atoms with Crippen LogP contribution < -0.4 is 0 Å². The second-order valence-corrected chi connectivity index (χ2v) is 14.5. The number of rotatable bonds is 8. The van der Waals surface area contributed by atoms with Gasteiger partial charge in [-0.15, -0.1) is 0 Å². The van der Waals surface area contributed by atoms with Crippen LogP contribution in [0.25, 0.3) is 0 Å². The monoisotopic (exact) mass is 648 g/mol. The highest BCUT2D eigenvalue weighted by Gasteiger charge is 2.70. The van der Waals surface area contributed by atoms with E-state index in [1.54, 1.807) is 25.7 Å². The topological polar surface area (TPSA) is 97.1 Å². The molecule has 5 radical (unpaired) electrons. The second kappa shape index (κ2) is 12.4. The number of ether oxygens (including phenoxy) is 2. The van der Waals surface area contributed by atoms with Gasteiger partial charge in [0.1, 0.15) is 17.9 Å². The van der Waals surface area contributed by atoms with E-state index in [9.17, 15) is 10.1 Å². The van der Waals surface area contributed by atoms with Crippen molar-refractivity contribution in [1.82, 2.24) is 0 Å². The van der Waals surface area contributed by atoms with Gasteiger partial charge in [0.05, 0.1) is 0 Å². The Morgan fingerprint density at radius 3 is 1.32 bits per heavy atom. The summed E-state index contributed by atoms with van der Waals surface area (Å²) in [6.45, 7) is 2.98. The summed E-state index contributed by atoms with van der Waals surface area (Å²) in [6, 6.07) is 37.7. The van der Waals surface area contributed by atoms with E-state index in [1.807, 2.05) is 135 Å². The van der Waals surface area contributed by atoms with E-state index < -0.39 is 53.9 Å². The molecular weight excluding hydrogens is 613 g/mol. The molecule has 0 N–H and O–H groups in total. The highest BCUT2D eigenvalue weighted by Crippen LogP contribution is 2.71. The zero-order valence-corrected chi connectivity index (χ0v) is 26.9. The fourth-order valence-electron chi connectivity index (χ4n) is 7.09. The largest absolute Gasteiger partial charge is 0.343 e. The minimum Gasteiger partial charge on any atom is -0.341 e. The normalized spacial score (nSPS) is 25.0. The fraction of sp³-hybridized carbons (Fsp3) is 0.237. The SMILES string of the molecule is CC1(C)O[C@@H]2[C@@H](O1)C(c1ccccc1)(c1ccccc1)OP(=O)([C@@H](C[N+](=O)[O-])[C]1[CH][CH][CH][CH]1)OC2(c1ccccc1)c1ccccc1. The third kappa shape index (κ3) is 5.56. The third-order valence-corrected chi connectivity index (χ3v) is 11.3. The Morgan fingerprint density at radius 2 is 1.00 bits per heavy atom. The van der Waals surface area contributed by atoms with E-state index in [0.29, 0.717) is 28.2 Å². The molecule has 7 rings (SSSR count). The van der Waals surface area contributed by atoms with Crippen LogP contribution in [0.5, 0.6) is 0 Å². The fourth-order valence-corrected chi connectivity index (χ4v) is 9.69. The van der Waals surface area contributed by atoms with Crippen molar-refractivity contribution in [3.05, 3.63) is 185 Å². The summed E-state index contributed by atoms with van der Waals surface area (Å²) in [4.78, 5) is 11.9. The lowest BCUT2D eigenvalue weighted by atomic mass is 9.72. The predicted octanol–water partition coefficient (Wildman–Crippen LogP) is 7.68. The molecule has 3 fully saturated rings. The first-order chi connectivity index (χ1) is 22.7. The van der Waals surface area contributed by atoms with Gasteiger partial charge in [0, 0.05) is 10.8 Å². The maximum atomic E-state index is 16.2. The molecule has 3 aliphatic rings. The van der Waals surface area contributed by atoms with Crippen LogP contribution in [0.4, 0.5) is 0 Å². The van der Waals surface area contributed by atoms with E-state index in [4.69, 9.17) is 18.5 Å². The molecular formula is C38H35NO7P. The zero-order valence-electron chi connectivity index (χ0n) is 26.0. The number of hydrogen-bond donors (Lipinski definition) is 0. The van der Waals surface area contributed by atoms with Gasteiger partial charge in [0.2, 0.25) is 6.54 Å². The molecule has 0 unspecified atom stereocenters. The van der Waals surface area contributed by atoms with Gasteiger partial charge >= 0.3 is 7.60 Å². The molecule has 4 aromatic carbocycles. The standard InChI is InChI=1S/C38H35NO7P/c1-36(2)43-34-35(44-36)38(31-23-11-5-12-24-31,32-25-13-6-14-26-32)46-47(42,33(27-39(40)41)28-17-15-16-18-28)45-37(34,29-19-7-3-8-20-29)30-21-9-4-10-22-30/h3-26,33-35H,27H2,1-2H3/t33-,34+,35+/m0/s1. The van der Waals surface area contributed by atoms with Gasteiger partial charge in [-0.25, -0.2) is 0 Å². The molecule has 2 aliphatic heterocycles. The van der Waals surface area contributed by atoms with E-state index in [1.165, 1.54) is 0 Å². The number of fused-ring (bicyclic) bond motifs is 1. The van der Waals surface area contributed by atoms with Crippen LogP contribution in [0.3, 0.4) is 0 Å². The average Bonchev–Trinajstić information content (AvgIpc) is 3.73. The molecule has 0 aromatic heterocycles. The number of nitro groups is 1. The van der Waals surface area contributed by atoms with Crippen LogP contribution in [-0.4, -0.2) is 35.1 Å². The molecule has 2 saturated heterocycles. The van der Waals surface area contributed by atoms with Crippen LogP contribution >= 0.6 is 7.60 Å². The predicted molar refractivity (Wildman–Crippen MR) is 177 cm³/mol. The number of hydrogen-bond acceptors (Lipinski definition) is 7. The van der Waals surface area contributed by atoms with E-state index in [2.05, 4.69) is 0 Å². The second-order valence-electron chi connectivity index (χ2n) is 12.4. The molecule has 0 spiro atoms. The summed E-state index contributed by atoms with van der Waals surface area (Å²) in [6.07, 6.45) is 5.07. The Morgan fingerprint density at radius 1 is 0.660 bits per heavy atom. The minimum atomic E-state index is -4.61. The average molecular weight is 649 g/mol. The lowest BCUT2D eigenvalue weighted by Gasteiger charge is -2.41.